The number of carbonyl (C=O) groups excluding carboxylic acids is 1. The Balaban J connectivity index is 1.45. The SMILES string of the molecule is CCCCCCCCCCCn1c(C2CC(=O)N(c3cc(OC)ccc3OC)C2)nc2ccccc21. The molecule has 1 aliphatic heterocycles. The molecular weight excluding hydrogens is 450 g/mol. The van der Waals surface area contributed by atoms with Crippen LogP contribution in [-0.4, -0.2) is 36.2 Å². The summed E-state index contributed by atoms with van der Waals surface area (Å²) in [4.78, 5) is 20.0. The molecule has 0 radical (unpaired) electrons. The first-order valence-corrected chi connectivity index (χ1v) is 13.6. The van der Waals surface area contributed by atoms with Gasteiger partial charge < -0.3 is 18.9 Å². The lowest BCUT2D eigenvalue weighted by Gasteiger charge is -2.20. The molecule has 6 nitrogen and oxygen atoms in total. The molecule has 2 heterocycles. The molecule has 1 amide bonds. The topological polar surface area (TPSA) is 56.6 Å². The number of anilines is 1. The van der Waals surface area contributed by atoms with Crippen LogP contribution in [0.4, 0.5) is 5.69 Å². The van der Waals surface area contributed by atoms with Gasteiger partial charge >= 0.3 is 0 Å². The maximum atomic E-state index is 13.2. The second kappa shape index (κ2) is 12.8. The molecule has 1 fully saturated rings. The molecule has 1 aromatic heterocycles. The average Bonchev–Trinajstić information content (AvgIpc) is 3.47. The molecule has 1 atom stereocenters. The van der Waals surface area contributed by atoms with E-state index in [0.29, 0.717) is 24.5 Å². The monoisotopic (exact) mass is 491 g/mol. The highest BCUT2D eigenvalue weighted by Gasteiger charge is 2.36. The quantitative estimate of drug-likeness (QED) is 0.226. The Labute approximate surface area is 215 Å². The van der Waals surface area contributed by atoms with Gasteiger partial charge in [-0.25, -0.2) is 4.98 Å². The minimum absolute atomic E-state index is 0.0411. The molecule has 194 valence electrons. The van der Waals surface area contributed by atoms with Crippen LogP contribution in [-0.2, 0) is 11.3 Å². The van der Waals surface area contributed by atoms with Gasteiger partial charge in [-0.05, 0) is 30.7 Å². The van der Waals surface area contributed by atoms with Gasteiger partial charge in [-0.15, -0.1) is 0 Å². The van der Waals surface area contributed by atoms with Gasteiger partial charge in [0.2, 0.25) is 5.91 Å². The zero-order valence-corrected chi connectivity index (χ0v) is 22.2. The maximum absolute atomic E-state index is 13.2. The molecule has 1 saturated heterocycles. The van der Waals surface area contributed by atoms with Crippen LogP contribution in [0.3, 0.4) is 0 Å². The third kappa shape index (κ3) is 6.03. The summed E-state index contributed by atoms with van der Waals surface area (Å²) < 4.78 is 13.3. The number of aryl methyl sites for hydroxylation is 1. The number of unbranched alkanes of at least 4 members (excludes halogenated alkanes) is 8. The number of methoxy groups -OCH3 is 2. The lowest BCUT2D eigenvalue weighted by atomic mass is 10.1. The van der Waals surface area contributed by atoms with Crippen molar-refractivity contribution in [2.45, 2.75) is 83.6 Å². The Morgan fingerprint density at radius 1 is 0.917 bits per heavy atom. The van der Waals surface area contributed by atoms with E-state index < -0.39 is 0 Å². The number of imidazole rings is 1. The summed E-state index contributed by atoms with van der Waals surface area (Å²) in [6.07, 6.45) is 12.2. The number of nitrogens with zero attached hydrogens (tertiary/aromatic N) is 3. The van der Waals surface area contributed by atoms with E-state index in [-0.39, 0.29) is 11.8 Å². The second-order valence-corrected chi connectivity index (χ2v) is 9.88. The van der Waals surface area contributed by atoms with E-state index in [1.807, 2.05) is 29.2 Å². The second-order valence-electron chi connectivity index (χ2n) is 9.88. The van der Waals surface area contributed by atoms with Crippen LogP contribution in [0.2, 0.25) is 0 Å². The zero-order valence-electron chi connectivity index (χ0n) is 22.2. The number of benzene rings is 2. The van der Waals surface area contributed by atoms with Gasteiger partial charge in [0, 0.05) is 31.5 Å². The number of rotatable bonds is 14. The van der Waals surface area contributed by atoms with Crippen LogP contribution >= 0.6 is 0 Å². The van der Waals surface area contributed by atoms with Crippen LogP contribution in [0.1, 0.15) is 82.9 Å². The number of hydrogen-bond acceptors (Lipinski definition) is 4. The summed E-state index contributed by atoms with van der Waals surface area (Å²) in [6, 6.07) is 13.9. The van der Waals surface area contributed by atoms with Crippen LogP contribution in [0.5, 0.6) is 11.5 Å². The first-order chi connectivity index (χ1) is 17.7. The maximum Gasteiger partial charge on any atom is 0.227 e. The van der Waals surface area contributed by atoms with Crippen molar-refractivity contribution in [3.8, 4) is 11.5 Å². The molecule has 3 aromatic rings. The van der Waals surface area contributed by atoms with Gasteiger partial charge in [-0.2, -0.15) is 0 Å². The van der Waals surface area contributed by atoms with E-state index in [4.69, 9.17) is 14.5 Å². The highest BCUT2D eigenvalue weighted by Crippen LogP contribution is 2.39. The number of aromatic nitrogens is 2. The van der Waals surface area contributed by atoms with Crippen molar-refractivity contribution in [1.29, 1.82) is 0 Å². The number of amides is 1. The number of fused-ring (bicyclic) bond motifs is 1. The first kappa shape index (κ1) is 26.1. The van der Waals surface area contributed by atoms with Crippen molar-refractivity contribution in [3.63, 3.8) is 0 Å². The molecule has 0 aliphatic carbocycles. The lowest BCUT2D eigenvalue weighted by Crippen LogP contribution is -2.25. The van der Waals surface area contributed by atoms with Gasteiger partial charge in [0.05, 0.1) is 30.9 Å². The van der Waals surface area contributed by atoms with E-state index in [9.17, 15) is 4.79 Å². The van der Waals surface area contributed by atoms with Crippen molar-refractivity contribution in [3.05, 3.63) is 48.3 Å². The fraction of sp³-hybridized carbons (Fsp3) is 0.533. The fourth-order valence-electron chi connectivity index (χ4n) is 5.34. The van der Waals surface area contributed by atoms with E-state index in [2.05, 4.69) is 29.7 Å². The van der Waals surface area contributed by atoms with Crippen molar-refractivity contribution in [2.24, 2.45) is 0 Å². The summed E-state index contributed by atoms with van der Waals surface area (Å²) in [7, 11) is 3.27. The number of para-hydroxylation sites is 2. The van der Waals surface area contributed by atoms with Crippen molar-refractivity contribution in [1.82, 2.24) is 9.55 Å². The predicted molar refractivity (Wildman–Crippen MR) is 146 cm³/mol. The Kier molecular flexibility index (Phi) is 9.26. The summed E-state index contributed by atoms with van der Waals surface area (Å²) >= 11 is 0. The molecule has 0 bridgehead atoms. The Morgan fingerprint density at radius 3 is 2.36 bits per heavy atom. The standard InChI is InChI=1S/C30H41N3O3/c1-4-5-6-7-8-9-10-11-14-19-32-26-16-13-12-15-25(26)31-30(32)23-20-29(34)33(22-23)27-21-24(35-2)17-18-28(27)36-3/h12-13,15-18,21,23H,4-11,14,19-20,22H2,1-3H3. The highest BCUT2D eigenvalue weighted by atomic mass is 16.5. The molecule has 6 heteroatoms. The Hall–Kier alpha value is -3.02. The molecule has 0 saturated carbocycles. The summed E-state index contributed by atoms with van der Waals surface area (Å²) in [6.45, 7) is 3.80. The Morgan fingerprint density at radius 2 is 1.64 bits per heavy atom. The van der Waals surface area contributed by atoms with Crippen molar-refractivity contribution in [2.75, 3.05) is 25.7 Å². The minimum Gasteiger partial charge on any atom is -0.497 e. The van der Waals surface area contributed by atoms with Crippen LogP contribution in [0, 0.1) is 0 Å². The average molecular weight is 492 g/mol. The first-order valence-electron chi connectivity index (χ1n) is 13.6. The van der Waals surface area contributed by atoms with Gasteiger partial charge in [0.15, 0.2) is 0 Å². The normalized spacial score (nSPS) is 15.7. The lowest BCUT2D eigenvalue weighted by molar-refractivity contribution is -0.117. The van der Waals surface area contributed by atoms with Gasteiger partial charge in [0.25, 0.3) is 0 Å². The third-order valence-electron chi connectivity index (χ3n) is 7.34. The van der Waals surface area contributed by atoms with Crippen LogP contribution in [0.25, 0.3) is 11.0 Å². The van der Waals surface area contributed by atoms with E-state index in [1.54, 1.807) is 14.2 Å². The molecular formula is C30H41N3O3. The molecule has 0 N–H and O–H groups in total. The summed E-state index contributed by atoms with van der Waals surface area (Å²) in [5, 5.41) is 0. The van der Waals surface area contributed by atoms with Crippen molar-refractivity contribution < 1.29 is 14.3 Å². The Bertz CT molecular complexity index is 1140. The number of ether oxygens (including phenoxy) is 2. The van der Waals surface area contributed by atoms with Crippen molar-refractivity contribution >= 4 is 22.6 Å². The smallest absolute Gasteiger partial charge is 0.227 e. The zero-order chi connectivity index (χ0) is 25.3. The van der Waals surface area contributed by atoms with Gasteiger partial charge in [0.1, 0.15) is 17.3 Å². The van der Waals surface area contributed by atoms with Gasteiger partial charge in [-0.3, -0.25) is 4.79 Å². The minimum atomic E-state index is 0.0411. The fourth-order valence-corrected chi connectivity index (χ4v) is 5.34. The van der Waals surface area contributed by atoms with E-state index >= 15 is 0 Å². The van der Waals surface area contributed by atoms with Crippen LogP contribution in [0.15, 0.2) is 42.5 Å². The molecule has 0 spiro atoms. The molecule has 36 heavy (non-hydrogen) atoms. The van der Waals surface area contributed by atoms with E-state index in [0.717, 1.165) is 35.5 Å². The van der Waals surface area contributed by atoms with E-state index in [1.165, 1.54) is 51.4 Å². The van der Waals surface area contributed by atoms with Gasteiger partial charge in [-0.1, -0.05) is 70.4 Å². The molecule has 2 aromatic carbocycles. The molecule has 1 aliphatic rings. The molecule has 1 unspecified atom stereocenters. The number of hydrogen-bond donors (Lipinski definition) is 0. The summed E-state index contributed by atoms with van der Waals surface area (Å²) in [5.74, 6) is 2.54. The highest BCUT2D eigenvalue weighted by molar-refractivity contribution is 5.98. The largest absolute Gasteiger partial charge is 0.497 e. The van der Waals surface area contributed by atoms with Crippen LogP contribution < -0.4 is 14.4 Å². The molecule has 4 rings (SSSR count). The number of carbonyl (C=O) groups is 1. The predicted octanol–water partition coefficient (Wildman–Crippen LogP) is 7.10. The third-order valence-corrected chi connectivity index (χ3v) is 7.34. The summed E-state index contributed by atoms with van der Waals surface area (Å²) in [5.41, 5.74) is 2.93.